The van der Waals surface area contributed by atoms with E-state index in [4.69, 9.17) is 30.5 Å². The summed E-state index contributed by atoms with van der Waals surface area (Å²) < 4.78 is 22.8. The molecule has 4 rings (SSSR count). The fourth-order valence-electron chi connectivity index (χ4n) is 4.44. The maximum atomic E-state index is 12.7. The van der Waals surface area contributed by atoms with E-state index in [0.29, 0.717) is 53.7 Å². The molecule has 3 aromatic rings. The summed E-state index contributed by atoms with van der Waals surface area (Å²) in [5, 5.41) is 3.19. The lowest BCUT2D eigenvalue weighted by Gasteiger charge is -2.33. The number of rotatable bonds is 9. The highest BCUT2D eigenvalue weighted by Crippen LogP contribution is 2.27. The maximum absolute atomic E-state index is 12.7. The SMILES string of the molecule is CC(=O)Oc1cc(C=CC(=O)Nc2ccccc2COc2cccc(OC3CCN(C(=O)OC(C)(C)C)CC3)c2)ccc1Cl. The number of benzene rings is 3. The molecule has 0 aromatic heterocycles. The van der Waals surface area contributed by atoms with Gasteiger partial charge in [0.25, 0.3) is 0 Å². The van der Waals surface area contributed by atoms with Crippen molar-refractivity contribution in [3.8, 4) is 17.2 Å². The van der Waals surface area contributed by atoms with Crippen LogP contribution in [0.25, 0.3) is 6.08 Å². The number of anilines is 1. The number of halogens is 1. The van der Waals surface area contributed by atoms with Gasteiger partial charge in [0.2, 0.25) is 5.91 Å². The minimum Gasteiger partial charge on any atom is -0.490 e. The Morgan fingerprint density at radius 3 is 2.43 bits per heavy atom. The molecule has 1 aliphatic rings. The van der Waals surface area contributed by atoms with Gasteiger partial charge in [0, 0.05) is 56.2 Å². The number of carbonyl (C=O) groups is 3. The number of nitrogens with one attached hydrogen (secondary N) is 1. The summed E-state index contributed by atoms with van der Waals surface area (Å²) in [5.41, 5.74) is 1.53. The van der Waals surface area contributed by atoms with E-state index in [1.54, 1.807) is 35.2 Å². The Morgan fingerprint density at radius 1 is 0.977 bits per heavy atom. The summed E-state index contributed by atoms with van der Waals surface area (Å²) in [5.74, 6) is 0.711. The molecular weight excluding hydrogens is 584 g/mol. The van der Waals surface area contributed by atoms with E-state index in [-0.39, 0.29) is 30.5 Å². The van der Waals surface area contributed by atoms with E-state index in [1.165, 1.54) is 13.0 Å². The highest BCUT2D eigenvalue weighted by Gasteiger charge is 2.27. The smallest absolute Gasteiger partial charge is 0.410 e. The lowest BCUT2D eigenvalue weighted by atomic mass is 10.1. The first kappa shape index (κ1) is 32.4. The molecule has 1 heterocycles. The van der Waals surface area contributed by atoms with Gasteiger partial charge in [0.05, 0.1) is 5.02 Å². The van der Waals surface area contributed by atoms with Gasteiger partial charge < -0.3 is 29.2 Å². The molecule has 0 aliphatic carbocycles. The van der Waals surface area contributed by atoms with Crippen LogP contribution in [0, 0.1) is 0 Å². The largest absolute Gasteiger partial charge is 0.490 e. The summed E-state index contributed by atoms with van der Waals surface area (Å²) in [6.07, 6.45) is 4.08. The fourth-order valence-corrected chi connectivity index (χ4v) is 4.60. The predicted molar refractivity (Wildman–Crippen MR) is 169 cm³/mol. The van der Waals surface area contributed by atoms with Crippen molar-refractivity contribution >= 4 is 41.3 Å². The van der Waals surface area contributed by atoms with Crippen LogP contribution in [0.1, 0.15) is 51.7 Å². The summed E-state index contributed by atoms with van der Waals surface area (Å²) in [6, 6.07) is 19.7. The van der Waals surface area contributed by atoms with Crippen molar-refractivity contribution < 1.29 is 33.3 Å². The third kappa shape index (κ3) is 10.1. The molecule has 1 aliphatic heterocycles. The molecule has 10 heteroatoms. The van der Waals surface area contributed by atoms with Crippen molar-refractivity contribution in [2.24, 2.45) is 0 Å². The van der Waals surface area contributed by atoms with Crippen LogP contribution in [0.4, 0.5) is 10.5 Å². The van der Waals surface area contributed by atoms with Crippen molar-refractivity contribution in [2.45, 2.75) is 58.8 Å². The second kappa shape index (κ2) is 14.8. The van der Waals surface area contributed by atoms with Crippen molar-refractivity contribution in [3.63, 3.8) is 0 Å². The highest BCUT2D eigenvalue weighted by molar-refractivity contribution is 6.32. The molecule has 3 aromatic carbocycles. The predicted octanol–water partition coefficient (Wildman–Crippen LogP) is 7.27. The highest BCUT2D eigenvalue weighted by atomic mass is 35.5. The lowest BCUT2D eigenvalue weighted by molar-refractivity contribution is -0.131. The summed E-state index contributed by atoms with van der Waals surface area (Å²) in [7, 11) is 0. The molecule has 0 unspecified atom stereocenters. The number of nitrogens with zero attached hydrogens (tertiary/aromatic N) is 1. The topological polar surface area (TPSA) is 103 Å². The number of carbonyl (C=O) groups excluding carboxylic acids is 3. The number of amides is 2. The molecule has 0 saturated carbocycles. The van der Waals surface area contributed by atoms with Crippen LogP contribution >= 0.6 is 11.6 Å². The molecule has 9 nitrogen and oxygen atoms in total. The van der Waals surface area contributed by atoms with Gasteiger partial charge in [-0.2, -0.15) is 0 Å². The zero-order valence-electron chi connectivity index (χ0n) is 25.3. The van der Waals surface area contributed by atoms with Crippen LogP contribution in [-0.4, -0.2) is 47.7 Å². The van der Waals surface area contributed by atoms with Crippen molar-refractivity contribution in [3.05, 3.63) is 89.0 Å². The van der Waals surface area contributed by atoms with E-state index in [2.05, 4.69) is 5.32 Å². The van der Waals surface area contributed by atoms with Gasteiger partial charge in [-0.15, -0.1) is 0 Å². The van der Waals surface area contributed by atoms with Crippen LogP contribution in [0.5, 0.6) is 17.2 Å². The first-order chi connectivity index (χ1) is 20.9. The molecule has 44 heavy (non-hydrogen) atoms. The van der Waals surface area contributed by atoms with Crippen LogP contribution < -0.4 is 19.5 Å². The van der Waals surface area contributed by atoms with Gasteiger partial charge in [-0.3, -0.25) is 9.59 Å². The van der Waals surface area contributed by atoms with Crippen molar-refractivity contribution in [1.29, 1.82) is 0 Å². The van der Waals surface area contributed by atoms with E-state index < -0.39 is 11.6 Å². The number of hydrogen-bond acceptors (Lipinski definition) is 7. The Hall–Kier alpha value is -4.50. The third-order valence-electron chi connectivity index (χ3n) is 6.51. The number of ether oxygens (including phenoxy) is 4. The average Bonchev–Trinajstić information content (AvgIpc) is 2.96. The van der Waals surface area contributed by atoms with Gasteiger partial charge >= 0.3 is 12.1 Å². The monoisotopic (exact) mass is 620 g/mol. The Kier molecular flexibility index (Phi) is 10.9. The van der Waals surface area contributed by atoms with Crippen LogP contribution in [0.2, 0.25) is 5.02 Å². The molecular formula is C34H37ClN2O7. The van der Waals surface area contributed by atoms with Gasteiger partial charge in [0.1, 0.15) is 35.6 Å². The Morgan fingerprint density at radius 2 is 1.70 bits per heavy atom. The number of hydrogen-bond donors (Lipinski definition) is 1. The van der Waals surface area contributed by atoms with E-state index in [1.807, 2.05) is 63.2 Å². The minimum atomic E-state index is -0.523. The minimum absolute atomic E-state index is 0.0194. The Labute approximate surface area is 262 Å². The van der Waals surface area contributed by atoms with E-state index in [0.717, 1.165) is 5.56 Å². The van der Waals surface area contributed by atoms with Crippen LogP contribution in [0.15, 0.2) is 72.8 Å². The molecule has 0 bridgehead atoms. The zero-order chi connectivity index (χ0) is 31.7. The Bertz CT molecular complexity index is 1510. The van der Waals surface area contributed by atoms with Crippen molar-refractivity contribution in [1.82, 2.24) is 4.90 Å². The zero-order valence-corrected chi connectivity index (χ0v) is 26.1. The fraction of sp³-hybridized carbons (Fsp3) is 0.324. The van der Waals surface area contributed by atoms with Gasteiger partial charge in [-0.1, -0.05) is 41.9 Å². The van der Waals surface area contributed by atoms with Crippen LogP contribution in [0.3, 0.4) is 0 Å². The summed E-state index contributed by atoms with van der Waals surface area (Å²) in [4.78, 5) is 38.0. The third-order valence-corrected chi connectivity index (χ3v) is 6.82. The number of likely N-dealkylation sites (tertiary alicyclic amines) is 1. The molecule has 1 saturated heterocycles. The number of piperidine rings is 1. The Balaban J connectivity index is 1.30. The first-order valence-electron chi connectivity index (χ1n) is 14.4. The first-order valence-corrected chi connectivity index (χ1v) is 14.8. The lowest BCUT2D eigenvalue weighted by Crippen LogP contribution is -2.44. The normalized spacial score (nSPS) is 13.8. The van der Waals surface area contributed by atoms with Gasteiger partial charge in [-0.05, 0) is 62.7 Å². The van der Waals surface area contributed by atoms with E-state index >= 15 is 0 Å². The molecule has 0 radical (unpaired) electrons. The standard InChI is InChI=1S/C34H37ClN2O7/c1-23(38)42-31-20-24(12-14-29(31)35)13-15-32(39)36-30-11-6-5-8-25(30)22-41-27-9-7-10-28(21-27)43-26-16-18-37(19-17-26)33(40)44-34(2,3)4/h5-15,20-21,26H,16-19,22H2,1-4H3,(H,36,39). The summed E-state index contributed by atoms with van der Waals surface area (Å²) in [6.45, 7) is 8.23. The molecule has 0 atom stereocenters. The summed E-state index contributed by atoms with van der Waals surface area (Å²) >= 11 is 6.07. The van der Waals surface area contributed by atoms with E-state index in [9.17, 15) is 14.4 Å². The average molecular weight is 621 g/mol. The second-order valence-electron chi connectivity index (χ2n) is 11.3. The molecule has 1 fully saturated rings. The van der Waals surface area contributed by atoms with Crippen molar-refractivity contribution in [2.75, 3.05) is 18.4 Å². The van der Waals surface area contributed by atoms with Crippen LogP contribution in [-0.2, 0) is 20.9 Å². The molecule has 0 spiro atoms. The molecule has 232 valence electrons. The maximum Gasteiger partial charge on any atom is 0.410 e. The number of esters is 1. The molecule has 1 N–H and O–H groups in total. The number of para-hydroxylation sites is 1. The van der Waals surface area contributed by atoms with Gasteiger partial charge in [-0.25, -0.2) is 4.79 Å². The second-order valence-corrected chi connectivity index (χ2v) is 11.7. The quantitative estimate of drug-likeness (QED) is 0.152. The van der Waals surface area contributed by atoms with Gasteiger partial charge in [0.15, 0.2) is 0 Å². The molecule has 2 amide bonds.